The van der Waals surface area contributed by atoms with Gasteiger partial charge in [-0.1, -0.05) is 18.2 Å². The first-order valence-corrected chi connectivity index (χ1v) is 6.58. The Morgan fingerprint density at radius 2 is 1.94 bits per heavy atom. The molecule has 0 bridgehead atoms. The van der Waals surface area contributed by atoms with Gasteiger partial charge in [0, 0.05) is 17.5 Å². The Kier molecular flexibility index (Phi) is 2.95. The van der Waals surface area contributed by atoms with Crippen LogP contribution in [0.25, 0.3) is 11.1 Å². The Balaban J connectivity index is 2.59. The lowest BCUT2D eigenvalue weighted by atomic mass is 10.1. The smallest absolute Gasteiger partial charge is 0.238 e. The molecule has 2 N–H and O–H groups in total. The monoisotopic (exact) mass is 248 g/mol. The standard InChI is InChI=1S/C12H12N2O2S/c1-9-12(6-3-7-14-9)10-4-2-5-11(8-10)17(13,15)16/h2-8H,1H3,(H2,13,15,16). The van der Waals surface area contributed by atoms with E-state index in [1.165, 1.54) is 6.07 Å². The van der Waals surface area contributed by atoms with Gasteiger partial charge in [0.25, 0.3) is 0 Å². The summed E-state index contributed by atoms with van der Waals surface area (Å²) >= 11 is 0. The Labute approximate surface area is 100 Å². The van der Waals surface area contributed by atoms with Crippen molar-refractivity contribution < 1.29 is 8.42 Å². The minimum atomic E-state index is -3.67. The SMILES string of the molecule is Cc1ncccc1-c1cccc(S(N)(=O)=O)c1. The van der Waals surface area contributed by atoms with Crippen molar-refractivity contribution in [2.75, 3.05) is 0 Å². The zero-order chi connectivity index (χ0) is 12.5. The van der Waals surface area contributed by atoms with Crippen molar-refractivity contribution >= 4 is 10.0 Å². The van der Waals surface area contributed by atoms with Crippen LogP contribution in [0.1, 0.15) is 5.69 Å². The van der Waals surface area contributed by atoms with E-state index in [0.29, 0.717) is 0 Å². The number of pyridine rings is 1. The molecule has 0 saturated carbocycles. The lowest BCUT2D eigenvalue weighted by Crippen LogP contribution is -2.11. The number of aryl methyl sites for hydroxylation is 1. The van der Waals surface area contributed by atoms with Crippen LogP contribution in [0.5, 0.6) is 0 Å². The maximum Gasteiger partial charge on any atom is 0.238 e. The molecule has 0 amide bonds. The molecule has 5 heteroatoms. The van der Waals surface area contributed by atoms with Crippen LogP contribution in [0.2, 0.25) is 0 Å². The molecule has 2 aromatic rings. The Bertz CT molecular complexity index is 651. The summed E-state index contributed by atoms with van der Waals surface area (Å²) in [4.78, 5) is 4.28. The molecule has 1 aromatic heterocycles. The number of aromatic nitrogens is 1. The number of sulfonamides is 1. The van der Waals surface area contributed by atoms with Gasteiger partial charge in [0.05, 0.1) is 4.90 Å². The molecule has 0 aliphatic rings. The molecule has 1 aromatic carbocycles. The third-order valence-corrected chi connectivity index (χ3v) is 3.39. The van der Waals surface area contributed by atoms with Crippen LogP contribution in [-0.2, 0) is 10.0 Å². The van der Waals surface area contributed by atoms with E-state index >= 15 is 0 Å². The molecule has 2 rings (SSSR count). The Morgan fingerprint density at radius 1 is 1.18 bits per heavy atom. The van der Waals surface area contributed by atoms with E-state index in [4.69, 9.17) is 5.14 Å². The first kappa shape index (κ1) is 11.8. The molecule has 4 nitrogen and oxygen atoms in total. The van der Waals surface area contributed by atoms with E-state index in [1.54, 1.807) is 18.3 Å². The van der Waals surface area contributed by atoms with Gasteiger partial charge >= 0.3 is 0 Å². The van der Waals surface area contributed by atoms with Crippen molar-refractivity contribution in [2.45, 2.75) is 11.8 Å². The summed E-state index contributed by atoms with van der Waals surface area (Å²) in [6.45, 7) is 1.87. The van der Waals surface area contributed by atoms with E-state index in [9.17, 15) is 8.42 Å². The molecule has 0 aliphatic carbocycles. The molecule has 17 heavy (non-hydrogen) atoms. The van der Waals surface area contributed by atoms with E-state index in [-0.39, 0.29) is 4.90 Å². The van der Waals surface area contributed by atoms with Gasteiger partial charge in [-0.05, 0) is 30.7 Å². The summed E-state index contributed by atoms with van der Waals surface area (Å²) in [6.07, 6.45) is 1.70. The van der Waals surface area contributed by atoms with Crippen molar-refractivity contribution in [1.82, 2.24) is 4.98 Å². The van der Waals surface area contributed by atoms with Gasteiger partial charge < -0.3 is 0 Å². The van der Waals surface area contributed by atoms with Crippen molar-refractivity contribution in [2.24, 2.45) is 5.14 Å². The number of primary sulfonamides is 1. The maximum atomic E-state index is 11.3. The molecule has 0 fully saturated rings. The van der Waals surface area contributed by atoms with Crippen LogP contribution in [0.3, 0.4) is 0 Å². The molecule has 0 unspecified atom stereocenters. The molecular formula is C12H12N2O2S. The predicted molar refractivity (Wildman–Crippen MR) is 65.8 cm³/mol. The Hall–Kier alpha value is -1.72. The number of benzene rings is 1. The van der Waals surface area contributed by atoms with Crippen LogP contribution in [0, 0.1) is 6.92 Å². The van der Waals surface area contributed by atoms with E-state index in [1.807, 2.05) is 25.1 Å². The number of hydrogen-bond donors (Lipinski definition) is 1. The summed E-state index contributed by atoms with van der Waals surface area (Å²) in [6, 6.07) is 10.2. The van der Waals surface area contributed by atoms with Gasteiger partial charge in [-0.15, -0.1) is 0 Å². The zero-order valence-electron chi connectivity index (χ0n) is 9.29. The summed E-state index contributed by atoms with van der Waals surface area (Å²) in [7, 11) is -3.67. The van der Waals surface area contributed by atoms with Crippen LogP contribution >= 0.6 is 0 Å². The second-order valence-corrected chi connectivity index (χ2v) is 5.27. The van der Waals surface area contributed by atoms with Gasteiger partial charge in [0.15, 0.2) is 0 Å². The largest absolute Gasteiger partial charge is 0.261 e. The number of nitrogens with two attached hydrogens (primary N) is 1. The highest BCUT2D eigenvalue weighted by molar-refractivity contribution is 7.89. The minimum absolute atomic E-state index is 0.109. The average molecular weight is 248 g/mol. The summed E-state index contributed by atoms with van der Waals surface area (Å²) in [5.74, 6) is 0. The van der Waals surface area contributed by atoms with Crippen molar-refractivity contribution in [3.63, 3.8) is 0 Å². The van der Waals surface area contributed by atoms with Crippen molar-refractivity contribution in [3.8, 4) is 11.1 Å². The highest BCUT2D eigenvalue weighted by Gasteiger charge is 2.09. The van der Waals surface area contributed by atoms with Gasteiger partial charge in [-0.25, -0.2) is 13.6 Å². The average Bonchev–Trinajstić information content (AvgIpc) is 2.29. The zero-order valence-corrected chi connectivity index (χ0v) is 10.1. The van der Waals surface area contributed by atoms with Gasteiger partial charge in [0.1, 0.15) is 0 Å². The minimum Gasteiger partial charge on any atom is -0.261 e. The molecule has 0 saturated heterocycles. The van der Waals surface area contributed by atoms with Crippen LogP contribution < -0.4 is 5.14 Å². The molecular weight excluding hydrogens is 236 g/mol. The second-order valence-electron chi connectivity index (χ2n) is 3.71. The van der Waals surface area contributed by atoms with Crippen molar-refractivity contribution in [3.05, 3.63) is 48.3 Å². The highest BCUT2D eigenvalue weighted by Crippen LogP contribution is 2.23. The maximum absolute atomic E-state index is 11.3. The van der Waals surface area contributed by atoms with E-state index in [2.05, 4.69) is 4.98 Å². The van der Waals surface area contributed by atoms with Crippen LogP contribution in [0.15, 0.2) is 47.5 Å². The summed E-state index contributed by atoms with van der Waals surface area (Å²) < 4.78 is 22.5. The molecule has 0 radical (unpaired) electrons. The fourth-order valence-electron chi connectivity index (χ4n) is 1.63. The lowest BCUT2D eigenvalue weighted by Gasteiger charge is -2.06. The first-order chi connectivity index (χ1) is 7.98. The molecule has 88 valence electrons. The molecule has 0 aliphatic heterocycles. The third kappa shape index (κ3) is 2.51. The van der Waals surface area contributed by atoms with Crippen LogP contribution in [-0.4, -0.2) is 13.4 Å². The van der Waals surface area contributed by atoms with Crippen LogP contribution in [0.4, 0.5) is 0 Å². The third-order valence-electron chi connectivity index (χ3n) is 2.48. The first-order valence-electron chi connectivity index (χ1n) is 5.03. The van der Waals surface area contributed by atoms with E-state index < -0.39 is 10.0 Å². The van der Waals surface area contributed by atoms with Crippen molar-refractivity contribution in [1.29, 1.82) is 0 Å². The molecule has 0 atom stereocenters. The second kappa shape index (κ2) is 4.27. The lowest BCUT2D eigenvalue weighted by molar-refractivity contribution is 0.598. The van der Waals surface area contributed by atoms with Gasteiger partial charge in [0.2, 0.25) is 10.0 Å². The summed E-state index contributed by atoms with van der Waals surface area (Å²) in [5, 5.41) is 5.10. The fraction of sp³-hybridized carbons (Fsp3) is 0.0833. The normalized spacial score (nSPS) is 11.4. The number of rotatable bonds is 2. The molecule has 1 heterocycles. The fourth-order valence-corrected chi connectivity index (χ4v) is 2.19. The number of nitrogens with zero attached hydrogens (tertiary/aromatic N) is 1. The van der Waals surface area contributed by atoms with Gasteiger partial charge in [-0.2, -0.15) is 0 Å². The van der Waals surface area contributed by atoms with Gasteiger partial charge in [-0.3, -0.25) is 4.98 Å². The van der Waals surface area contributed by atoms with E-state index in [0.717, 1.165) is 16.8 Å². The quantitative estimate of drug-likeness (QED) is 0.879. The topological polar surface area (TPSA) is 73.0 Å². The Morgan fingerprint density at radius 3 is 2.59 bits per heavy atom. The predicted octanol–water partition coefficient (Wildman–Crippen LogP) is 1.70. The highest BCUT2D eigenvalue weighted by atomic mass is 32.2. The number of hydrogen-bond acceptors (Lipinski definition) is 3. The summed E-state index contributed by atoms with van der Waals surface area (Å²) in [5.41, 5.74) is 2.54. The molecule has 0 spiro atoms.